The normalized spacial score (nSPS) is 10.6. The molecule has 0 aliphatic carbocycles. The molecule has 0 aliphatic heterocycles. The Balaban J connectivity index is 1.98. The van der Waals surface area contributed by atoms with E-state index in [4.69, 9.17) is 27.9 Å². The summed E-state index contributed by atoms with van der Waals surface area (Å²) >= 11 is 12.3. The van der Waals surface area contributed by atoms with E-state index in [1.54, 1.807) is 24.3 Å². The van der Waals surface area contributed by atoms with E-state index >= 15 is 0 Å². The molecular weight excluding hydrogens is 371 g/mol. The van der Waals surface area contributed by atoms with Gasteiger partial charge in [-0.1, -0.05) is 53.5 Å². The molecule has 26 heavy (non-hydrogen) atoms. The molecule has 0 radical (unpaired) electrons. The molecule has 0 unspecified atom stereocenters. The number of ketones is 1. The van der Waals surface area contributed by atoms with Gasteiger partial charge in [-0.3, -0.25) is 4.79 Å². The van der Waals surface area contributed by atoms with Crippen LogP contribution in [-0.4, -0.2) is 10.9 Å². The molecule has 3 nitrogen and oxygen atoms in total. The van der Waals surface area contributed by atoms with Crippen molar-refractivity contribution in [2.75, 3.05) is 0 Å². The quantitative estimate of drug-likeness (QED) is 0.532. The smallest absolute Gasteiger partial charge is 0.193 e. The van der Waals surface area contributed by atoms with E-state index in [1.807, 2.05) is 32.0 Å². The molecule has 5 heteroatoms. The Labute approximate surface area is 161 Å². The van der Waals surface area contributed by atoms with Crippen molar-refractivity contribution in [1.29, 1.82) is 0 Å². The van der Waals surface area contributed by atoms with Gasteiger partial charge >= 0.3 is 0 Å². The molecule has 0 saturated carbocycles. The zero-order chi connectivity index (χ0) is 18.8. The lowest BCUT2D eigenvalue weighted by Crippen LogP contribution is -2.03. The highest BCUT2D eigenvalue weighted by molar-refractivity contribution is 6.37. The minimum Gasteiger partial charge on any atom is -0.508 e. The van der Waals surface area contributed by atoms with Crippen molar-refractivity contribution < 1.29 is 14.6 Å². The summed E-state index contributed by atoms with van der Waals surface area (Å²) in [5.74, 6) is 0.747. The van der Waals surface area contributed by atoms with Crippen molar-refractivity contribution in [1.82, 2.24) is 0 Å². The van der Waals surface area contributed by atoms with Crippen LogP contribution in [0.15, 0.2) is 54.6 Å². The Kier molecular flexibility index (Phi) is 5.21. The Morgan fingerprint density at radius 1 is 0.846 bits per heavy atom. The van der Waals surface area contributed by atoms with Gasteiger partial charge in [-0.05, 0) is 37.1 Å². The molecule has 132 valence electrons. The highest BCUT2D eigenvalue weighted by Crippen LogP contribution is 2.41. The Bertz CT molecular complexity index is 936. The lowest BCUT2D eigenvalue weighted by Gasteiger charge is -2.15. The summed E-state index contributed by atoms with van der Waals surface area (Å²) in [6.07, 6.45) is 0. The molecule has 0 bridgehead atoms. The van der Waals surface area contributed by atoms with Gasteiger partial charge in [0.1, 0.15) is 11.5 Å². The molecule has 0 spiro atoms. The van der Waals surface area contributed by atoms with Crippen LogP contribution in [0.5, 0.6) is 17.2 Å². The van der Waals surface area contributed by atoms with Crippen LogP contribution < -0.4 is 4.74 Å². The van der Waals surface area contributed by atoms with E-state index < -0.39 is 0 Å². The molecule has 0 atom stereocenters. The van der Waals surface area contributed by atoms with Gasteiger partial charge in [0.25, 0.3) is 0 Å². The maximum Gasteiger partial charge on any atom is 0.193 e. The maximum atomic E-state index is 12.7. The number of aromatic hydroxyl groups is 1. The largest absolute Gasteiger partial charge is 0.508 e. The molecule has 1 N–H and O–H groups in total. The van der Waals surface area contributed by atoms with Crippen LogP contribution in [-0.2, 0) is 0 Å². The number of aryl methyl sites for hydroxylation is 2. The van der Waals surface area contributed by atoms with Gasteiger partial charge in [-0.2, -0.15) is 0 Å². The third-order valence-electron chi connectivity index (χ3n) is 3.95. The number of hydrogen-bond donors (Lipinski definition) is 1. The van der Waals surface area contributed by atoms with Gasteiger partial charge in [0.15, 0.2) is 11.5 Å². The van der Waals surface area contributed by atoms with E-state index in [2.05, 4.69) is 0 Å². The first-order chi connectivity index (χ1) is 12.4. The highest BCUT2D eigenvalue weighted by Gasteiger charge is 2.17. The fourth-order valence-corrected chi connectivity index (χ4v) is 3.30. The van der Waals surface area contributed by atoms with Crippen LogP contribution in [0.2, 0.25) is 10.0 Å². The van der Waals surface area contributed by atoms with Crippen LogP contribution in [0.25, 0.3) is 0 Å². The molecule has 0 aliphatic rings. The SMILES string of the molecule is Cc1cc(C(=O)c2ccccc2)cc(C)c1Oc1c(Cl)cc(O)cc1Cl. The minimum atomic E-state index is -0.0518. The van der Waals surface area contributed by atoms with Gasteiger partial charge in [-0.25, -0.2) is 0 Å². The van der Waals surface area contributed by atoms with Gasteiger partial charge < -0.3 is 9.84 Å². The predicted octanol–water partition coefficient (Wildman–Crippen LogP) is 6.34. The number of phenolic OH excluding ortho intramolecular Hbond substituents is 1. The number of phenols is 1. The van der Waals surface area contributed by atoms with Gasteiger partial charge in [0, 0.05) is 23.3 Å². The predicted molar refractivity (Wildman–Crippen MR) is 104 cm³/mol. The van der Waals surface area contributed by atoms with Crippen LogP contribution in [0.4, 0.5) is 0 Å². The summed E-state index contributed by atoms with van der Waals surface area (Å²) < 4.78 is 5.91. The fraction of sp³-hybridized carbons (Fsp3) is 0.0952. The van der Waals surface area contributed by atoms with E-state index in [0.29, 0.717) is 16.9 Å². The summed E-state index contributed by atoms with van der Waals surface area (Å²) in [5.41, 5.74) is 2.78. The molecule has 0 aromatic heterocycles. The lowest BCUT2D eigenvalue weighted by atomic mass is 9.98. The number of rotatable bonds is 4. The topological polar surface area (TPSA) is 46.5 Å². The van der Waals surface area contributed by atoms with Gasteiger partial charge in [0.2, 0.25) is 0 Å². The van der Waals surface area contributed by atoms with Crippen LogP contribution >= 0.6 is 23.2 Å². The van der Waals surface area contributed by atoms with Crippen molar-refractivity contribution in [2.24, 2.45) is 0 Å². The van der Waals surface area contributed by atoms with Crippen molar-refractivity contribution >= 4 is 29.0 Å². The summed E-state index contributed by atoms with van der Waals surface area (Å²) in [6.45, 7) is 3.71. The number of carbonyl (C=O) groups is 1. The number of halogens is 2. The first-order valence-electron chi connectivity index (χ1n) is 7.93. The molecule has 3 aromatic carbocycles. The second kappa shape index (κ2) is 7.40. The average Bonchev–Trinajstić information content (AvgIpc) is 2.59. The first-order valence-corrected chi connectivity index (χ1v) is 8.69. The van der Waals surface area contributed by atoms with Crippen molar-refractivity contribution in [3.8, 4) is 17.2 Å². The van der Waals surface area contributed by atoms with Crippen molar-refractivity contribution in [3.63, 3.8) is 0 Å². The van der Waals surface area contributed by atoms with Crippen LogP contribution in [0.3, 0.4) is 0 Å². The molecular formula is C21H16Cl2O3. The number of hydrogen-bond acceptors (Lipinski definition) is 3. The monoisotopic (exact) mass is 386 g/mol. The second-order valence-corrected chi connectivity index (χ2v) is 6.79. The summed E-state index contributed by atoms with van der Waals surface area (Å²) in [7, 11) is 0. The molecule has 0 heterocycles. The zero-order valence-corrected chi connectivity index (χ0v) is 15.7. The Hall–Kier alpha value is -2.49. The Morgan fingerprint density at radius 3 is 1.92 bits per heavy atom. The molecule has 3 aromatic rings. The third-order valence-corrected chi connectivity index (χ3v) is 4.51. The summed E-state index contributed by atoms with van der Waals surface area (Å²) in [6, 6.07) is 15.4. The molecule has 0 saturated heterocycles. The van der Waals surface area contributed by atoms with Gasteiger partial charge in [-0.15, -0.1) is 0 Å². The number of ether oxygens (including phenoxy) is 1. The van der Waals surface area contributed by atoms with Crippen LogP contribution in [0, 0.1) is 13.8 Å². The molecule has 0 amide bonds. The third kappa shape index (κ3) is 3.69. The first kappa shape index (κ1) is 18.3. The Morgan fingerprint density at radius 2 is 1.38 bits per heavy atom. The van der Waals surface area contributed by atoms with Crippen LogP contribution in [0.1, 0.15) is 27.0 Å². The lowest BCUT2D eigenvalue weighted by molar-refractivity contribution is 0.103. The number of carbonyl (C=O) groups excluding carboxylic acids is 1. The van der Waals surface area contributed by atoms with E-state index in [0.717, 1.165) is 11.1 Å². The number of benzene rings is 3. The second-order valence-electron chi connectivity index (χ2n) is 5.97. The fourth-order valence-electron chi connectivity index (χ4n) is 2.74. The molecule has 3 rings (SSSR count). The van der Waals surface area contributed by atoms with E-state index in [9.17, 15) is 9.90 Å². The van der Waals surface area contributed by atoms with Crippen molar-refractivity contribution in [2.45, 2.75) is 13.8 Å². The highest BCUT2D eigenvalue weighted by atomic mass is 35.5. The average molecular weight is 387 g/mol. The zero-order valence-electron chi connectivity index (χ0n) is 14.2. The minimum absolute atomic E-state index is 0.0374. The van der Waals surface area contributed by atoms with E-state index in [-0.39, 0.29) is 27.3 Å². The summed E-state index contributed by atoms with van der Waals surface area (Å²) in [4.78, 5) is 12.7. The van der Waals surface area contributed by atoms with E-state index in [1.165, 1.54) is 12.1 Å². The van der Waals surface area contributed by atoms with Crippen molar-refractivity contribution in [3.05, 3.63) is 86.9 Å². The van der Waals surface area contributed by atoms with Gasteiger partial charge in [0.05, 0.1) is 10.0 Å². The summed E-state index contributed by atoms with van der Waals surface area (Å²) in [5, 5.41) is 9.95. The maximum absolute atomic E-state index is 12.7. The standard InChI is InChI=1S/C21H16Cl2O3/c1-12-8-15(19(25)14-6-4-3-5-7-14)9-13(2)20(12)26-21-17(22)10-16(24)11-18(21)23/h3-11,24H,1-2H3. The molecule has 0 fully saturated rings.